The van der Waals surface area contributed by atoms with Crippen molar-refractivity contribution in [2.45, 2.75) is 25.4 Å². The van der Waals surface area contributed by atoms with E-state index in [-0.39, 0.29) is 0 Å². The van der Waals surface area contributed by atoms with E-state index in [1.807, 2.05) is 11.3 Å². The van der Waals surface area contributed by atoms with Gasteiger partial charge in [0.25, 0.3) is 0 Å². The predicted octanol–water partition coefficient (Wildman–Crippen LogP) is 3.88. The molecule has 2 aliphatic rings. The summed E-state index contributed by atoms with van der Waals surface area (Å²) in [6.07, 6.45) is 2.38. The molecule has 0 aliphatic carbocycles. The topological polar surface area (TPSA) is 19.0 Å². The monoisotopic (exact) mass is 280 g/mol. The van der Waals surface area contributed by atoms with E-state index in [0.717, 1.165) is 13.0 Å². The Bertz CT molecular complexity index is 798. The van der Waals surface area contributed by atoms with Gasteiger partial charge >= 0.3 is 0 Å². The van der Waals surface area contributed by atoms with Gasteiger partial charge in [0.1, 0.15) is 0 Å². The van der Waals surface area contributed by atoms with Crippen molar-refractivity contribution in [2.75, 3.05) is 6.54 Å². The van der Waals surface area contributed by atoms with Crippen molar-refractivity contribution in [3.05, 3.63) is 57.4 Å². The van der Waals surface area contributed by atoms with Crippen LogP contribution in [-0.2, 0) is 19.4 Å². The fraction of sp³-hybridized carbons (Fsp3) is 0.294. The first-order chi connectivity index (χ1) is 9.90. The smallest absolute Gasteiger partial charge is 0.0459 e. The molecule has 0 radical (unpaired) electrons. The zero-order valence-corrected chi connectivity index (χ0v) is 12.0. The fourth-order valence-electron chi connectivity index (χ4n) is 3.90. The molecule has 100 valence electrons. The van der Waals surface area contributed by atoms with E-state index in [2.05, 4.69) is 45.6 Å². The third-order valence-corrected chi connectivity index (χ3v) is 5.86. The number of H-pyrrole nitrogens is 1. The highest BCUT2D eigenvalue weighted by molar-refractivity contribution is 7.10. The van der Waals surface area contributed by atoms with E-state index in [9.17, 15) is 0 Å². The largest absolute Gasteiger partial charge is 0.357 e. The molecular weight excluding hydrogens is 264 g/mol. The molecule has 0 amide bonds. The molecule has 0 bridgehead atoms. The SMILES string of the molecule is c1ccc2c3c([nH]c2c1)CN1CCc2sccc2[C@H]1C3. The molecule has 3 heteroatoms. The van der Waals surface area contributed by atoms with Crippen LogP contribution >= 0.6 is 11.3 Å². The normalized spacial score (nSPS) is 21.5. The predicted molar refractivity (Wildman–Crippen MR) is 83.2 cm³/mol. The minimum absolute atomic E-state index is 0.594. The highest BCUT2D eigenvalue weighted by Crippen LogP contribution is 2.41. The third kappa shape index (κ3) is 1.42. The van der Waals surface area contributed by atoms with Crippen LogP contribution in [0.1, 0.15) is 27.7 Å². The maximum absolute atomic E-state index is 3.63. The first-order valence-corrected chi connectivity index (χ1v) is 8.17. The Morgan fingerprint density at radius 3 is 3.15 bits per heavy atom. The first kappa shape index (κ1) is 11.1. The number of thiophene rings is 1. The highest BCUT2D eigenvalue weighted by Gasteiger charge is 2.33. The second kappa shape index (κ2) is 3.96. The summed E-state index contributed by atoms with van der Waals surface area (Å²) in [6.45, 7) is 2.27. The van der Waals surface area contributed by atoms with Gasteiger partial charge in [0.05, 0.1) is 0 Å². The molecule has 0 fully saturated rings. The zero-order valence-electron chi connectivity index (χ0n) is 11.2. The van der Waals surface area contributed by atoms with Crippen molar-refractivity contribution in [1.29, 1.82) is 0 Å². The van der Waals surface area contributed by atoms with Crippen molar-refractivity contribution >= 4 is 22.2 Å². The number of hydrogen-bond donors (Lipinski definition) is 1. The average Bonchev–Trinajstić information content (AvgIpc) is 3.09. The second-order valence-electron chi connectivity index (χ2n) is 5.87. The molecule has 1 aromatic carbocycles. The number of para-hydroxylation sites is 1. The quantitative estimate of drug-likeness (QED) is 0.662. The minimum Gasteiger partial charge on any atom is -0.357 e. The molecule has 2 aromatic heterocycles. The molecule has 20 heavy (non-hydrogen) atoms. The number of aromatic nitrogens is 1. The van der Waals surface area contributed by atoms with Crippen molar-refractivity contribution < 1.29 is 0 Å². The van der Waals surface area contributed by atoms with Crippen LogP contribution in [0.5, 0.6) is 0 Å². The van der Waals surface area contributed by atoms with Gasteiger partial charge in [-0.25, -0.2) is 0 Å². The standard InChI is InChI=1S/C17H16N2S/c1-2-4-14-11(3-1)13-9-16-12-6-8-20-17(12)5-7-19(16)10-15(13)18-14/h1-4,6,8,16,18H,5,7,9-10H2/t16-/m1/s1. The van der Waals surface area contributed by atoms with E-state index >= 15 is 0 Å². The van der Waals surface area contributed by atoms with Gasteiger partial charge in [0.15, 0.2) is 0 Å². The molecule has 4 heterocycles. The average molecular weight is 280 g/mol. The molecule has 5 rings (SSSR count). The van der Waals surface area contributed by atoms with Crippen LogP contribution in [-0.4, -0.2) is 16.4 Å². The number of rotatable bonds is 0. The Morgan fingerprint density at radius 2 is 2.15 bits per heavy atom. The molecule has 0 saturated carbocycles. The molecule has 2 nitrogen and oxygen atoms in total. The lowest BCUT2D eigenvalue weighted by Crippen LogP contribution is -2.38. The van der Waals surface area contributed by atoms with Gasteiger partial charge < -0.3 is 4.98 Å². The molecular formula is C17H16N2S. The molecule has 2 aliphatic heterocycles. The van der Waals surface area contributed by atoms with Gasteiger partial charge in [-0.2, -0.15) is 0 Å². The van der Waals surface area contributed by atoms with Crippen molar-refractivity contribution in [1.82, 2.24) is 9.88 Å². The number of fused-ring (bicyclic) bond motifs is 6. The van der Waals surface area contributed by atoms with Crippen LogP contribution in [0.4, 0.5) is 0 Å². The van der Waals surface area contributed by atoms with Gasteiger partial charge in [0, 0.05) is 40.6 Å². The lowest BCUT2D eigenvalue weighted by atomic mass is 9.89. The summed E-state index contributed by atoms with van der Waals surface area (Å²) in [5.41, 5.74) is 5.85. The van der Waals surface area contributed by atoms with Crippen LogP contribution in [0.25, 0.3) is 10.9 Å². The van der Waals surface area contributed by atoms with Gasteiger partial charge in [-0.3, -0.25) is 4.90 Å². The number of nitrogens with one attached hydrogen (secondary N) is 1. The third-order valence-electron chi connectivity index (χ3n) is 4.87. The van der Waals surface area contributed by atoms with Crippen molar-refractivity contribution in [3.8, 4) is 0 Å². The summed E-state index contributed by atoms with van der Waals surface area (Å²) in [5, 5.41) is 3.68. The molecule has 3 aromatic rings. The van der Waals surface area contributed by atoms with Crippen LogP contribution in [0.3, 0.4) is 0 Å². The summed E-state index contributed by atoms with van der Waals surface area (Å²) in [6, 6.07) is 11.7. The number of aromatic amines is 1. The Labute approximate surface area is 122 Å². The Hall–Kier alpha value is -1.58. The summed E-state index contributed by atoms with van der Waals surface area (Å²) in [7, 11) is 0. The van der Waals surface area contributed by atoms with E-state index in [0.29, 0.717) is 6.04 Å². The zero-order chi connectivity index (χ0) is 13.1. The molecule has 0 spiro atoms. The van der Waals surface area contributed by atoms with Crippen LogP contribution < -0.4 is 0 Å². The number of nitrogens with zero attached hydrogens (tertiary/aromatic N) is 1. The van der Waals surface area contributed by atoms with Crippen molar-refractivity contribution in [2.24, 2.45) is 0 Å². The Kier molecular flexibility index (Phi) is 2.20. The lowest BCUT2D eigenvalue weighted by molar-refractivity contribution is 0.161. The molecule has 0 unspecified atom stereocenters. The second-order valence-corrected chi connectivity index (χ2v) is 6.87. The van der Waals surface area contributed by atoms with Crippen molar-refractivity contribution in [3.63, 3.8) is 0 Å². The summed E-state index contributed by atoms with van der Waals surface area (Å²) < 4.78 is 0. The van der Waals surface area contributed by atoms with Crippen LogP contribution in [0.15, 0.2) is 35.7 Å². The van der Waals surface area contributed by atoms with Gasteiger partial charge in [-0.1, -0.05) is 18.2 Å². The maximum Gasteiger partial charge on any atom is 0.0459 e. The van der Waals surface area contributed by atoms with E-state index in [4.69, 9.17) is 0 Å². The van der Waals surface area contributed by atoms with Crippen LogP contribution in [0, 0.1) is 0 Å². The first-order valence-electron chi connectivity index (χ1n) is 7.29. The van der Waals surface area contributed by atoms with E-state index in [1.165, 1.54) is 29.6 Å². The van der Waals surface area contributed by atoms with E-state index < -0.39 is 0 Å². The molecule has 1 atom stereocenters. The maximum atomic E-state index is 3.63. The van der Waals surface area contributed by atoms with Crippen LogP contribution in [0.2, 0.25) is 0 Å². The minimum atomic E-state index is 0.594. The Morgan fingerprint density at radius 1 is 1.20 bits per heavy atom. The summed E-state index contributed by atoms with van der Waals surface area (Å²) in [5.74, 6) is 0. The Balaban J connectivity index is 1.68. The number of benzene rings is 1. The van der Waals surface area contributed by atoms with E-state index in [1.54, 1.807) is 16.0 Å². The lowest BCUT2D eigenvalue weighted by Gasteiger charge is -2.39. The summed E-state index contributed by atoms with van der Waals surface area (Å²) in [4.78, 5) is 7.88. The molecule has 0 saturated heterocycles. The van der Waals surface area contributed by atoms with Gasteiger partial charge in [-0.15, -0.1) is 11.3 Å². The van der Waals surface area contributed by atoms with Gasteiger partial charge in [0.2, 0.25) is 0 Å². The number of hydrogen-bond acceptors (Lipinski definition) is 2. The van der Waals surface area contributed by atoms with Gasteiger partial charge in [-0.05, 0) is 41.5 Å². The highest BCUT2D eigenvalue weighted by atomic mass is 32.1. The summed E-state index contributed by atoms with van der Waals surface area (Å²) >= 11 is 1.93. The molecule has 1 N–H and O–H groups in total. The fourth-order valence-corrected chi connectivity index (χ4v) is 4.83.